The van der Waals surface area contributed by atoms with Crippen LogP contribution in [0, 0.1) is 13.8 Å². The van der Waals surface area contributed by atoms with Crippen LogP contribution < -0.4 is 10.1 Å². The molecule has 3 nitrogen and oxygen atoms in total. The Labute approximate surface area is 110 Å². The van der Waals surface area contributed by atoms with Gasteiger partial charge < -0.3 is 15.2 Å². The first-order valence-electron chi connectivity index (χ1n) is 6.40. The van der Waals surface area contributed by atoms with Crippen molar-refractivity contribution in [3.63, 3.8) is 0 Å². The van der Waals surface area contributed by atoms with Gasteiger partial charge in [-0.25, -0.2) is 0 Å². The van der Waals surface area contributed by atoms with E-state index in [2.05, 4.69) is 25.2 Å². The fraction of sp³-hybridized carbons (Fsp3) is 0.600. The number of hydrogen-bond acceptors (Lipinski definition) is 3. The number of rotatable bonds is 6. The second kappa shape index (κ2) is 6.21. The average molecular weight is 251 g/mol. The van der Waals surface area contributed by atoms with Crippen LogP contribution in [-0.4, -0.2) is 30.9 Å². The molecule has 0 aliphatic carbocycles. The van der Waals surface area contributed by atoms with E-state index < -0.39 is 0 Å². The minimum atomic E-state index is -0.213. The van der Waals surface area contributed by atoms with Crippen molar-refractivity contribution in [3.05, 3.63) is 28.8 Å². The van der Waals surface area contributed by atoms with Gasteiger partial charge in [0, 0.05) is 5.54 Å². The minimum Gasteiger partial charge on any atom is -0.496 e. The van der Waals surface area contributed by atoms with E-state index in [1.54, 1.807) is 7.11 Å². The van der Waals surface area contributed by atoms with Crippen LogP contribution in [-0.2, 0) is 6.42 Å². The minimum absolute atomic E-state index is 0.146. The molecule has 0 bridgehead atoms. The average Bonchev–Trinajstić information content (AvgIpc) is 2.35. The quantitative estimate of drug-likeness (QED) is 0.814. The van der Waals surface area contributed by atoms with Crippen molar-refractivity contribution < 1.29 is 9.84 Å². The van der Waals surface area contributed by atoms with Crippen LogP contribution in [0.15, 0.2) is 12.1 Å². The van der Waals surface area contributed by atoms with Crippen molar-refractivity contribution in [1.82, 2.24) is 5.32 Å². The maximum atomic E-state index is 9.18. The molecule has 0 aliphatic heterocycles. The Morgan fingerprint density at radius 3 is 2.44 bits per heavy atom. The summed E-state index contributed by atoms with van der Waals surface area (Å²) in [5, 5.41) is 12.5. The highest BCUT2D eigenvalue weighted by Crippen LogP contribution is 2.24. The SMILES string of the molecule is COc1ccc(CCNC(C)(C)CO)c(C)c1C. The van der Waals surface area contributed by atoms with E-state index in [1.807, 2.05) is 19.9 Å². The lowest BCUT2D eigenvalue weighted by Gasteiger charge is -2.24. The van der Waals surface area contributed by atoms with Gasteiger partial charge in [-0.1, -0.05) is 6.07 Å². The maximum absolute atomic E-state index is 9.18. The molecular weight excluding hydrogens is 226 g/mol. The Balaban J connectivity index is 2.66. The number of benzene rings is 1. The molecule has 0 aliphatic rings. The van der Waals surface area contributed by atoms with Gasteiger partial charge in [-0.15, -0.1) is 0 Å². The number of methoxy groups -OCH3 is 1. The van der Waals surface area contributed by atoms with Crippen LogP contribution in [0.5, 0.6) is 5.75 Å². The molecule has 2 N–H and O–H groups in total. The second-order valence-corrected chi connectivity index (χ2v) is 5.40. The number of hydrogen-bond donors (Lipinski definition) is 2. The topological polar surface area (TPSA) is 41.5 Å². The van der Waals surface area contributed by atoms with Gasteiger partial charge >= 0.3 is 0 Å². The molecule has 0 heterocycles. The Morgan fingerprint density at radius 2 is 1.89 bits per heavy atom. The van der Waals surface area contributed by atoms with Crippen LogP contribution in [0.25, 0.3) is 0 Å². The van der Waals surface area contributed by atoms with Crippen molar-refractivity contribution in [2.45, 2.75) is 39.7 Å². The lowest BCUT2D eigenvalue weighted by molar-refractivity contribution is 0.189. The summed E-state index contributed by atoms with van der Waals surface area (Å²) in [5.74, 6) is 0.944. The third-order valence-corrected chi connectivity index (χ3v) is 3.46. The van der Waals surface area contributed by atoms with E-state index in [0.29, 0.717) is 0 Å². The molecule has 0 saturated carbocycles. The van der Waals surface area contributed by atoms with E-state index in [4.69, 9.17) is 4.74 Å². The summed E-state index contributed by atoms with van der Waals surface area (Å²) in [4.78, 5) is 0. The molecule has 0 spiro atoms. The summed E-state index contributed by atoms with van der Waals surface area (Å²) in [5.41, 5.74) is 3.61. The van der Waals surface area contributed by atoms with Crippen LogP contribution in [0.3, 0.4) is 0 Å². The Hall–Kier alpha value is -1.06. The fourth-order valence-electron chi connectivity index (χ4n) is 1.94. The van der Waals surface area contributed by atoms with Crippen molar-refractivity contribution in [2.24, 2.45) is 0 Å². The van der Waals surface area contributed by atoms with Crippen molar-refractivity contribution in [3.8, 4) is 5.75 Å². The summed E-state index contributed by atoms with van der Waals surface area (Å²) in [6, 6.07) is 4.14. The molecule has 0 atom stereocenters. The molecule has 0 unspecified atom stereocenters. The van der Waals surface area contributed by atoms with Crippen LogP contribution in [0.4, 0.5) is 0 Å². The number of aliphatic hydroxyl groups excluding tert-OH is 1. The zero-order chi connectivity index (χ0) is 13.8. The van der Waals surface area contributed by atoms with Crippen molar-refractivity contribution in [1.29, 1.82) is 0 Å². The molecule has 0 amide bonds. The van der Waals surface area contributed by atoms with E-state index in [-0.39, 0.29) is 12.1 Å². The summed E-state index contributed by atoms with van der Waals surface area (Å²) < 4.78 is 5.31. The van der Waals surface area contributed by atoms with Gasteiger partial charge in [0.05, 0.1) is 13.7 Å². The molecule has 0 fully saturated rings. The largest absolute Gasteiger partial charge is 0.496 e. The van der Waals surface area contributed by atoms with Gasteiger partial charge in [0.1, 0.15) is 5.75 Å². The molecule has 3 heteroatoms. The summed E-state index contributed by atoms with van der Waals surface area (Å²) in [6.45, 7) is 9.22. The van der Waals surface area contributed by atoms with Crippen molar-refractivity contribution >= 4 is 0 Å². The molecule has 0 radical (unpaired) electrons. The van der Waals surface area contributed by atoms with E-state index >= 15 is 0 Å². The van der Waals surface area contributed by atoms with Gasteiger partial charge in [0.25, 0.3) is 0 Å². The van der Waals surface area contributed by atoms with E-state index in [0.717, 1.165) is 18.7 Å². The lowest BCUT2D eigenvalue weighted by Crippen LogP contribution is -2.43. The highest BCUT2D eigenvalue weighted by atomic mass is 16.5. The first-order chi connectivity index (χ1) is 8.41. The molecule has 0 aromatic heterocycles. The Kier molecular flexibility index (Phi) is 5.17. The van der Waals surface area contributed by atoms with E-state index in [1.165, 1.54) is 16.7 Å². The van der Waals surface area contributed by atoms with Crippen molar-refractivity contribution in [2.75, 3.05) is 20.3 Å². The smallest absolute Gasteiger partial charge is 0.122 e. The van der Waals surface area contributed by atoms with Crippen LogP contribution in [0.1, 0.15) is 30.5 Å². The third kappa shape index (κ3) is 3.72. The number of nitrogens with one attached hydrogen (secondary N) is 1. The summed E-state index contributed by atoms with van der Waals surface area (Å²) >= 11 is 0. The molecule has 18 heavy (non-hydrogen) atoms. The van der Waals surface area contributed by atoms with Gasteiger partial charge in [-0.05, 0) is 63.4 Å². The fourth-order valence-corrected chi connectivity index (χ4v) is 1.94. The Bertz CT molecular complexity index is 400. The van der Waals surface area contributed by atoms with Crippen LogP contribution >= 0.6 is 0 Å². The molecule has 1 aromatic carbocycles. The second-order valence-electron chi connectivity index (χ2n) is 5.40. The first-order valence-corrected chi connectivity index (χ1v) is 6.40. The monoisotopic (exact) mass is 251 g/mol. The predicted octanol–water partition coefficient (Wildman–Crippen LogP) is 2.22. The maximum Gasteiger partial charge on any atom is 0.122 e. The first kappa shape index (κ1) is 15.0. The predicted molar refractivity (Wildman–Crippen MR) is 75.3 cm³/mol. The Morgan fingerprint density at radius 1 is 1.22 bits per heavy atom. The molecule has 0 saturated heterocycles. The summed E-state index contributed by atoms with van der Waals surface area (Å²) in [6.07, 6.45) is 0.958. The molecule has 102 valence electrons. The van der Waals surface area contributed by atoms with Gasteiger partial charge in [-0.3, -0.25) is 0 Å². The van der Waals surface area contributed by atoms with Gasteiger partial charge in [0.15, 0.2) is 0 Å². The lowest BCUT2D eigenvalue weighted by atomic mass is 9.99. The molecular formula is C15H25NO2. The highest BCUT2D eigenvalue weighted by Gasteiger charge is 2.15. The van der Waals surface area contributed by atoms with Gasteiger partial charge in [0.2, 0.25) is 0 Å². The van der Waals surface area contributed by atoms with E-state index in [9.17, 15) is 5.11 Å². The normalized spacial score (nSPS) is 11.7. The van der Waals surface area contributed by atoms with Crippen LogP contribution in [0.2, 0.25) is 0 Å². The summed E-state index contributed by atoms with van der Waals surface area (Å²) in [7, 11) is 1.70. The highest BCUT2D eigenvalue weighted by molar-refractivity contribution is 5.43. The zero-order valence-electron chi connectivity index (χ0n) is 12.1. The molecule has 1 aromatic rings. The molecule has 1 rings (SSSR count). The third-order valence-electron chi connectivity index (χ3n) is 3.46. The van der Waals surface area contributed by atoms with Gasteiger partial charge in [-0.2, -0.15) is 0 Å². The number of ether oxygens (including phenoxy) is 1. The zero-order valence-corrected chi connectivity index (χ0v) is 12.1. The standard InChI is InChI=1S/C15H25NO2/c1-11-12(2)14(18-5)7-6-13(11)8-9-16-15(3,4)10-17/h6-7,16-17H,8-10H2,1-5H3. The number of aliphatic hydroxyl groups is 1.